The van der Waals surface area contributed by atoms with Crippen molar-refractivity contribution in [3.05, 3.63) is 95.3 Å². The third kappa shape index (κ3) is 6.13. The highest BCUT2D eigenvalue weighted by atomic mass is 32.2. The first-order chi connectivity index (χ1) is 20.8. The first-order valence-corrected chi connectivity index (χ1v) is 15.7. The topological polar surface area (TPSA) is 154 Å². The standard InChI is InChI=1S/C32H34N4O7S/c1-32(2,3)22-11-9-21(10-12-22)29(39)34-25(18-20-7-13-23(37)14-8-20)30(40)35-17-15-26-28(35)27(38)19-36(26)44(42,43)31(41)24-6-4-5-16-33-24/h4-14,16,25-26,28,37H,15,17-19H2,1-3H3,(H,34,39). The number of amides is 2. The Balaban J connectivity index is 1.39. The Morgan fingerprint density at radius 3 is 2.32 bits per heavy atom. The van der Waals surface area contributed by atoms with Crippen LogP contribution in [0.25, 0.3) is 0 Å². The molecule has 5 rings (SSSR count). The van der Waals surface area contributed by atoms with E-state index in [-0.39, 0.29) is 36.2 Å². The quantitative estimate of drug-likeness (QED) is 0.409. The van der Waals surface area contributed by atoms with Crippen molar-refractivity contribution < 1.29 is 32.7 Å². The van der Waals surface area contributed by atoms with Gasteiger partial charge in [0.25, 0.3) is 15.9 Å². The second-order valence-corrected chi connectivity index (χ2v) is 13.9. The number of sulfonamides is 1. The number of Topliss-reactive ketones (excluding diaryl/α,β-unsaturated/α-hetero) is 1. The molecule has 12 heteroatoms. The summed E-state index contributed by atoms with van der Waals surface area (Å²) in [6.45, 7) is 5.69. The van der Waals surface area contributed by atoms with E-state index in [1.165, 1.54) is 35.4 Å². The van der Waals surface area contributed by atoms with Gasteiger partial charge in [-0.05, 0) is 59.4 Å². The molecule has 2 amide bonds. The molecule has 2 aromatic carbocycles. The molecule has 230 valence electrons. The van der Waals surface area contributed by atoms with Gasteiger partial charge < -0.3 is 15.3 Å². The van der Waals surface area contributed by atoms with Crippen LogP contribution in [0.4, 0.5) is 0 Å². The monoisotopic (exact) mass is 618 g/mol. The number of hydrogen-bond donors (Lipinski definition) is 2. The molecule has 3 aromatic rings. The maximum absolute atomic E-state index is 14.0. The molecule has 0 saturated carbocycles. The number of likely N-dealkylation sites (tertiary alicyclic amines) is 1. The number of benzene rings is 2. The van der Waals surface area contributed by atoms with Gasteiger partial charge >= 0.3 is 5.12 Å². The Kier molecular flexibility index (Phi) is 8.41. The first-order valence-electron chi connectivity index (χ1n) is 14.3. The second-order valence-electron chi connectivity index (χ2n) is 12.1. The minimum atomic E-state index is -4.59. The second kappa shape index (κ2) is 11.9. The molecule has 11 nitrogen and oxygen atoms in total. The van der Waals surface area contributed by atoms with Crippen molar-refractivity contribution in [1.82, 2.24) is 19.5 Å². The highest BCUT2D eigenvalue weighted by Gasteiger charge is 2.55. The highest BCUT2D eigenvalue weighted by Crippen LogP contribution is 2.33. The summed E-state index contributed by atoms with van der Waals surface area (Å²) in [5.74, 6) is -1.50. The van der Waals surface area contributed by atoms with Crippen LogP contribution in [0.1, 0.15) is 59.2 Å². The van der Waals surface area contributed by atoms with E-state index in [9.17, 15) is 32.7 Å². The third-order valence-corrected chi connectivity index (χ3v) is 9.77. The molecule has 0 bridgehead atoms. The summed E-state index contributed by atoms with van der Waals surface area (Å²) < 4.78 is 27.5. The zero-order chi connectivity index (χ0) is 31.8. The molecular formula is C32H34N4O7S. The van der Waals surface area contributed by atoms with Gasteiger partial charge in [-0.2, -0.15) is 4.31 Å². The Labute approximate surface area is 255 Å². The Morgan fingerprint density at radius 1 is 1.02 bits per heavy atom. The molecule has 3 heterocycles. The molecular weight excluding hydrogens is 584 g/mol. The number of nitrogens with one attached hydrogen (secondary N) is 1. The van der Waals surface area contributed by atoms with Gasteiger partial charge in [0.1, 0.15) is 23.5 Å². The van der Waals surface area contributed by atoms with Crippen molar-refractivity contribution in [2.75, 3.05) is 13.1 Å². The lowest BCUT2D eigenvalue weighted by Crippen LogP contribution is -2.53. The van der Waals surface area contributed by atoms with Gasteiger partial charge in [0.15, 0.2) is 5.78 Å². The van der Waals surface area contributed by atoms with Crippen molar-refractivity contribution in [2.45, 2.75) is 57.2 Å². The van der Waals surface area contributed by atoms with Crippen LogP contribution < -0.4 is 5.32 Å². The Morgan fingerprint density at radius 2 is 1.70 bits per heavy atom. The number of phenolic OH excluding ortho intramolecular Hbond substituents is 1. The van der Waals surface area contributed by atoms with Gasteiger partial charge in [-0.3, -0.25) is 24.2 Å². The maximum Gasteiger partial charge on any atom is 0.310 e. The molecule has 0 radical (unpaired) electrons. The molecule has 2 aliphatic heterocycles. The lowest BCUT2D eigenvalue weighted by atomic mass is 9.86. The van der Waals surface area contributed by atoms with Gasteiger partial charge in [0.05, 0.1) is 12.6 Å². The van der Waals surface area contributed by atoms with Gasteiger partial charge in [-0.25, -0.2) is 8.42 Å². The molecule has 2 saturated heterocycles. The lowest BCUT2D eigenvalue weighted by molar-refractivity contribution is -0.138. The average Bonchev–Trinajstić information content (AvgIpc) is 3.58. The van der Waals surface area contributed by atoms with Crippen LogP contribution >= 0.6 is 0 Å². The molecule has 2 fully saturated rings. The molecule has 44 heavy (non-hydrogen) atoms. The maximum atomic E-state index is 14.0. The number of hydrogen-bond acceptors (Lipinski definition) is 8. The highest BCUT2D eigenvalue weighted by molar-refractivity contribution is 8.04. The largest absolute Gasteiger partial charge is 0.508 e. The van der Waals surface area contributed by atoms with E-state index in [2.05, 4.69) is 31.1 Å². The fraction of sp³-hybridized carbons (Fsp3) is 0.344. The summed E-state index contributed by atoms with van der Waals surface area (Å²) >= 11 is 0. The number of nitrogens with zero attached hydrogens (tertiary/aromatic N) is 3. The number of carbonyl (C=O) groups is 4. The van der Waals surface area contributed by atoms with E-state index < -0.39 is 57.4 Å². The van der Waals surface area contributed by atoms with Crippen LogP contribution in [0, 0.1) is 0 Å². The van der Waals surface area contributed by atoms with E-state index in [4.69, 9.17) is 0 Å². The summed E-state index contributed by atoms with van der Waals surface area (Å²) in [7, 11) is -4.59. The van der Waals surface area contributed by atoms with Gasteiger partial charge in [0, 0.05) is 24.7 Å². The molecule has 2 N–H and O–H groups in total. The van der Waals surface area contributed by atoms with Crippen molar-refractivity contribution in [1.29, 1.82) is 0 Å². The molecule has 3 unspecified atom stereocenters. The zero-order valence-corrected chi connectivity index (χ0v) is 25.5. The Bertz CT molecular complexity index is 1690. The van der Waals surface area contributed by atoms with E-state index in [0.717, 1.165) is 9.87 Å². The lowest BCUT2D eigenvalue weighted by Gasteiger charge is -2.28. The van der Waals surface area contributed by atoms with Crippen molar-refractivity contribution in [3.63, 3.8) is 0 Å². The summed E-state index contributed by atoms with van der Waals surface area (Å²) in [4.78, 5) is 58.6. The number of pyridine rings is 1. The summed E-state index contributed by atoms with van der Waals surface area (Å²) in [6.07, 6.45) is 1.51. The van der Waals surface area contributed by atoms with E-state index >= 15 is 0 Å². The fourth-order valence-corrected chi connectivity index (χ4v) is 7.17. The van der Waals surface area contributed by atoms with E-state index in [1.807, 2.05) is 12.1 Å². The number of carbonyl (C=O) groups excluding carboxylic acids is 4. The van der Waals surface area contributed by atoms with Crippen LogP contribution in [0.3, 0.4) is 0 Å². The van der Waals surface area contributed by atoms with Crippen LogP contribution in [0.5, 0.6) is 5.75 Å². The zero-order valence-electron chi connectivity index (χ0n) is 24.6. The molecule has 2 aliphatic rings. The number of rotatable bonds is 7. The van der Waals surface area contributed by atoms with Gasteiger partial charge in [-0.1, -0.05) is 51.1 Å². The van der Waals surface area contributed by atoms with Crippen molar-refractivity contribution >= 4 is 32.7 Å². The minimum Gasteiger partial charge on any atom is -0.508 e. The Hall–Kier alpha value is -4.42. The molecule has 1 aromatic heterocycles. The smallest absolute Gasteiger partial charge is 0.310 e. The number of aromatic nitrogens is 1. The number of ketones is 1. The first kappa shape index (κ1) is 31.0. The van der Waals surface area contributed by atoms with Gasteiger partial charge in [-0.15, -0.1) is 0 Å². The number of fused-ring (bicyclic) bond motifs is 1. The van der Waals surface area contributed by atoms with Crippen molar-refractivity contribution in [3.8, 4) is 5.75 Å². The number of phenols is 1. The predicted octanol–water partition coefficient (Wildman–Crippen LogP) is 2.45. The van der Waals surface area contributed by atoms with E-state index in [1.54, 1.807) is 30.3 Å². The predicted molar refractivity (Wildman–Crippen MR) is 161 cm³/mol. The minimum absolute atomic E-state index is 0.0417. The van der Waals surface area contributed by atoms with Crippen LogP contribution in [-0.4, -0.2) is 81.6 Å². The van der Waals surface area contributed by atoms with Crippen molar-refractivity contribution in [2.24, 2.45) is 0 Å². The SMILES string of the molecule is CC(C)(C)c1ccc(C(=O)NC(Cc2ccc(O)cc2)C(=O)N2CCC3C2C(=O)CN3S(=O)(=O)C(=O)c2ccccn2)cc1. The van der Waals surface area contributed by atoms with Crippen LogP contribution in [-0.2, 0) is 31.4 Å². The van der Waals surface area contributed by atoms with Crippen LogP contribution in [0.2, 0.25) is 0 Å². The van der Waals surface area contributed by atoms with Gasteiger partial charge in [0.2, 0.25) is 5.91 Å². The summed E-state index contributed by atoms with van der Waals surface area (Å²) in [5.41, 5.74) is 1.67. The molecule has 0 aliphatic carbocycles. The summed E-state index contributed by atoms with van der Waals surface area (Å²) in [5, 5.41) is 11.3. The van der Waals surface area contributed by atoms with E-state index in [0.29, 0.717) is 11.1 Å². The summed E-state index contributed by atoms with van der Waals surface area (Å²) in [6, 6.07) is 14.5. The van der Waals surface area contributed by atoms with Crippen LogP contribution in [0.15, 0.2) is 72.9 Å². The fourth-order valence-electron chi connectivity index (χ4n) is 5.69. The normalized spacial score (nSPS) is 19.4. The average molecular weight is 619 g/mol. The molecule has 0 spiro atoms. The third-order valence-electron chi connectivity index (χ3n) is 8.07. The molecule has 3 atom stereocenters. The number of aromatic hydroxyl groups is 1.